The maximum absolute atomic E-state index is 13.1. The molecule has 3 aromatic carbocycles. The molecule has 0 saturated heterocycles. The van der Waals surface area contributed by atoms with E-state index in [9.17, 15) is 4.79 Å². The zero-order valence-electron chi connectivity index (χ0n) is 17.3. The number of carbonyl (C=O) groups excluding carboxylic acids is 1. The molecule has 0 fully saturated rings. The molecule has 2 aliphatic heterocycles. The summed E-state index contributed by atoms with van der Waals surface area (Å²) in [6.45, 7) is 0. The Labute approximate surface area is 186 Å². The maximum Gasteiger partial charge on any atom is 0.419 e. The van der Waals surface area contributed by atoms with Gasteiger partial charge in [0.1, 0.15) is 11.8 Å². The minimum absolute atomic E-state index is 0.378. The molecule has 5 rings (SSSR count). The molecule has 3 aromatic rings. The third kappa shape index (κ3) is 4.21. The number of ether oxygens (including phenoxy) is 2. The fraction of sp³-hybridized carbons (Fsp3) is 0.154. The second-order valence-electron chi connectivity index (χ2n) is 7.59. The number of carbonyl (C=O) groups is 1. The van der Waals surface area contributed by atoms with Crippen molar-refractivity contribution in [2.24, 2.45) is 5.16 Å². The molecule has 0 aromatic heterocycles. The van der Waals surface area contributed by atoms with Crippen LogP contribution in [0.4, 0.5) is 4.79 Å². The molecule has 0 spiro atoms. The smallest absolute Gasteiger partial charge is 0.419 e. The van der Waals surface area contributed by atoms with E-state index in [-0.39, 0.29) is 6.10 Å². The van der Waals surface area contributed by atoms with Crippen molar-refractivity contribution >= 4 is 12.0 Å². The fourth-order valence-corrected chi connectivity index (χ4v) is 3.90. The minimum atomic E-state index is -0.509. The Hall–Kier alpha value is -4.06. The predicted octanol–water partition coefficient (Wildman–Crippen LogP) is 5.10. The number of rotatable bonds is 4. The minimum Gasteiger partial charge on any atom is -0.467 e. The molecular weight excluding hydrogens is 404 g/mol. The van der Waals surface area contributed by atoms with Gasteiger partial charge in [0.15, 0.2) is 12.2 Å². The van der Waals surface area contributed by atoms with E-state index in [4.69, 9.17) is 14.3 Å². The van der Waals surface area contributed by atoms with E-state index in [1.807, 2.05) is 84.9 Å². The summed E-state index contributed by atoms with van der Waals surface area (Å²) in [5, 5.41) is 4.24. The highest BCUT2D eigenvalue weighted by Crippen LogP contribution is 2.36. The van der Waals surface area contributed by atoms with Crippen LogP contribution >= 0.6 is 0 Å². The molecule has 32 heavy (non-hydrogen) atoms. The van der Waals surface area contributed by atoms with Gasteiger partial charge in [-0.3, -0.25) is 4.90 Å². The summed E-state index contributed by atoms with van der Waals surface area (Å²) in [7, 11) is 0. The van der Waals surface area contributed by atoms with Crippen LogP contribution in [-0.4, -0.2) is 29.1 Å². The molecule has 0 bridgehead atoms. The van der Waals surface area contributed by atoms with E-state index in [2.05, 4.69) is 5.16 Å². The topological polar surface area (TPSA) is 60.4 Å². The Bertz CT molecular complexity index is 1120. The first kappa shape index (κ1) is 19.9. The van der Waals surface area contributed by atoms with Gasteiger partial charge in [0.05, 0.1) is 6.42 Å². The third-order valence-corrected chi connectivity index (χ3v) is 5.42. The number of para-hydroxylation sites is 1. The lowest BCUT2D eigenvalue weighted by Crippen LogP contribution is -2.50. The van der Waals surface area contributed by atoms with Crippen LogP contribution in [0.15, 0.2) is 108 Å². The van der Waals surface area contributed by atoms with Crippen LogP contribution < -0.4 is 4.74 Å². The average Bonchev–Trinajstić information content (AvgIpc) is 2.85. The Morgan fingerprint density at radius 1 is 0.906 bits per heavy atom. The molecule has 6 heteroatoms. The first-order chi connectivity index (χ1) is 15.8. The summed E-state index contributed by atoms with van der Waals surface area (Å²) in [6.07, 6.45) is 2.67. The van der Waals surface area contributed by atoms with Gasteiger partial charge in [-0.1, -0.05) is 84.0 Å². The van der Waals surface area contributed by atoms with Gasteiger partial charge in [0.25, 0.3) is 0 Å². The van der Waals surface area contributed by atoms with E-state index in [1.165, 1.54) is 4.90 Å². The summed E-state index contributed by atoms with van der Waals surface area (Å²) in [4.78, 5) is 20.5. The molecule has 6 nitrogen and oxygen atoms in total. The van der Waals surface area contributed by atoms with Crippen LogP contribution in [0, 0.1) is 0 Å². The number of nitrogens with zero attached hydrogens (tertiary/aromatic N) is 2. The third-order valence-electron chi connectivity index (χ3n) is 5.42. The van der Waals surface area contributed by atoms with Crippen LogP contribution in [0.5, 0.6) is 5.75 Å². The van der Waals surface area contributed by atoms with Crippen molar-refractivity contribution in [1.29, 1.82) is 0 Å². The fourth-order valence-electron chi connectivity index (χ4n) is 3.90. The number of oxime groups is 1. The predicted molar refractivity (Wildman–Crippen MR) is 120 cm³/mol. The van der Waals surface area contributed by atoms with Crippen LogP contribution in [-0.2, 0) is 16.0 Å². The normalized spacial score (nSPS) is 21.6. The molecule has 0 N–H and O–H groups in total. The van der Waals surface area contributed by atoms with Gasteiger partial charge in [-0.25, -0.2) is 4.79 Å². The zero-order chi connectivity index (χ0) is 21.8. The van der Waals surface area contributed by atoms with E-state index in [0.717, 1.165) is 11.1 Å². The molecule has 0 radical (unpaired) electrons. The zero-order valence-corrected chi connectivity index (χ0v) is 17.3. The highest BCUT2D eigenvalue weighted by Gasteiger charge is 2.44. The van der Waals surface area contributed by atoms with Crippen molar-refractivity contribution < 1.29 is 19.1 Å². The molecule has 2 heterocycles. The average molecular weight is 426 g/mol. The lowest BCUT2D eigenvalue weighted by atomic mass is 9.93. The van der Waals surface area contributed by atoms with Gasteiger partial charge in [0, 0.05) is 6.20 Å². The standard InChI is InChI=1S/C26H22N2O4/c29-26(30-21-14-8-3-9-15-21)28-17-16-22-25(24(28)20-12-6-2-7-13-20)32-27-23(31-22)18-19-10-4-1-5-11-19/h1-17,22,24-25H,18H2/t22?,24-,25+/m0/s1. The Morgan fingerprint density at radius 2 is 1.56 bits per heavy atom. The van der Waals surface area contributed by atoms with Crippen molar-refractivity contribution in [3.05, 3.63) is 114 Å². The Morgan fingerprint density at radius 3 is 2.28 bits per heavy atom. The van der Waals surface area contributed by atoms with Crippen LogP contribution in [0.25, 0.3) is 0 Å². The second kappa shape index (κ2) is 8.98. The molecular formula is C26H22N2O4. The summed E-state index contributed by atoms with van der Waals surface area (Å²) in [6, 6.07) is 28.2. The van der Waals surface area contributed by atoms with Gasteiger partial charge < -0.3 is 14.3 Å². The molecule has 0 saturated carbocycles. The Kier molecular flexibility index (Phi) is 5.58. The monoisotopic (exact) mass is 426 g/mol. The maximum atomic E-state index is 13.1. The summed E-state index contributed by atoms with van der Waals surface area (Å²) in [5.74, 6) is 0.984. The van der Waals surface area contributed by atoms with E-state index in [1.54, 1.807) is 18.3 Å². The van der Waals surface area contributed by atoms with E-state index >= 15 is 0 Å². The number of amides is 1. The number of hydrogen-bond donors (Lipinski definition) is 0. The quantitative estimate of drug-likeness (QED) is 0.583. The highest BCUT2D eigenvalue weighted by atomic mass is 16.7. The second-order valence-corrected chi connectivity index (χ2v) is 7.59. The molecule has 0 aliphatic carbocycles. The van der Waals surface area contributed by atoms with Gasteiger partial charge in [-0.05, 0) is 29.3 Å². The van der Waals surface area contributed by atoms with E-state index < -0.39 is 18.2 Å². The molecule has 2 aliphatic rings. The first-order valence-electron chi connectivity index (χ1n) is 10.5. The van der Waals surface area contributed by atoms with Crippen molar-refractivity contribution in [2.45, 2.75) is 24.7 Å². The number of fused-ring (bicyclic) bond motifs is 1. The van der Waals surface area contributed by atoms with Crippen molar-refractivity contribution in [1.82, 2.24) is 4.90 Å². The van der Waals surface area contributed by atoms with Gasteiger partial charge >= 0.3 is 6.09 Å². The molecule has 3 atom stereocenters. The van der Waals surface area contributed by atoms with Crippen molar-refractivity contribution in [2.75, 3.05) is 0 Å². The summed E-state index contributed by atoms with van der Waals surface area (Å²) < 4.78 is 11.7. The van der Waals surface area contributed by atoms with Crippen LogP contribution in [0.2, 0.25) is 0 Å². The van der Waals surface area contributed by atoms with Gasteiger partial charge in [0.2, 0.25) is 5.90 Å². The summed E-state index contributed by atoms with van der Waals surface area (Å²) in [5.41, 5.74) is 1.99. The lowest BCUT2D eigenvalue weighted by Gasteiger charge is -2.41. The largest absolute Gasteiger partial charge is 0.467 e. The SMILES string of the molecule is O=C(Oc1ccccc1)N1C=CC2OC(Cc3ccccc3)=NO[C@H]2[C@@H]1c1ccccc1. The van der Waals surface area contributed by atoms with E-state index in [0.29, 0.717) is 18.1 Å². The summed E-state index contributed by atoms with van der Waals surface area (Å²) >= 11 is 0. The van der Waals surface area contributed by atoms with Crippen molar-refractivity contribution in [3.63, 3.8) is 0 Å². The van der Waals surface area contributed by atoms with Gasteiger partial charge in [-0.15, -0.1) is 0 Å². The molecule has 1 amide bonds. The first-order valence-corrected chi connectivity index (χ1v) is 10.5. The van der Waals surface area contributed by atoms with Crippen LogP contribution in [0.1, 0.15) is 17.2 Å². The van der Waals surface area contributed by atoms with Crippen molar-refractivity contribution in [3.8, 4) is 5.75 Å². The number of benzene rings is 3. The Balaban J connectivity index is 1.40. The van der Waals surface area contributed by atoms with Gasteiger partial charge in [-0.2, -0.15) is 0 Å². The lowest BCUT2D eigenvalue weighted by molar-refractivity contribution is -0.0843. The molecule has 160 valence electrons. The van der Waals surface area contributed by atoms with Crippen LogP contribution in [0.3, 0.4) is 0 Å². The molecule has 1 unspecified atom stereocenters. The number of hydrogen-bond acceptors (Lipinski definition) is 5. The highest BCUT2D eigenvalue weighted by molar-refractivity contribution is 5.79.